The Balaban J connectivity index is 1.58. The Hall–Kier alpha value is -3.35. The van der Waals surface area contributed by atoms with Crippen LogP contribution >= 0.6 is 23.2 Å². The van der Waals surface area contributed by atoms with Crippen LogP contribution in [-0.4, -0.2) is 24.4 Å². The van der Waals surface area contributed by atoms with Gasteiger partial charge in [-0.15, -0.1) is 0 Å². The first-order valence-corrected chi connectivity index (χ1v) is 10.6. The lowest BCUT2D eigenvalue weighted by Crippen LogP contribution is -2.29. The minimum absolute atomic E-state index is 0.138. The van der Waals surface area contributed by atoms with E-state index in [0.29, 0.717) is 28.6 Å². The average molecular weight is 470 g/mol. The van der Waals surface area contributed by atoms with Gasteiger partial charge in [0, 0.05) is 5.02 Å². The van der Waals surface area contributed by atoms with Crippen molar-refractivity contribution in [2.45, 2.75) is 13.3 Å². The van der Waals surface area contributed by atoms with Gasteiger partial charge in [-0.05, 0) is 67.1 Å². The van der Waals surface area contributed by atoms with Crippen LogP contribution in [0.25, 0.3) is 0 Å². The molecule has 8 heteroatoms. The number of halogens is 2. The number of amides is 2. The average Bonchev–Trinajstić information content (AvgIpc) is 3.04. The van der Waals surface area contributed by atoms with Gasteiger partial charge in [-0.2, -0.15) is 0 Å². The summed E-state index contributed by atoms with van der Waals surface area (Å²) in [6.45, 7) is 2.16. The van der Waals surface area contributed by atoms with Gasteiger partial charge in [0.15, 0.2) is 0 Å². The van der Waals surface area contributed by atoms with Crippen LogP contribution in [0.1, 0.15) is 44.4 Å². The number of benzene rings is 3. The minimum Gasteiger partial charge on any atom is -0.462 e. The number of esters is 1. The molecule has 0 atom stereocenters. The second kappa shape index (κ2) is 9.02. The van der Waals surface area contributed by atoms with Crippen LogP contribution in [0.5, 0.6) is 11.5 Å². The lowest BCUT2D eigenvalue weighted by molar-refractivity contribution is 0.0505. The number of anilines is 1. The molecule has 1 aliphatic rings. The summed E-state index contributed by atoms with van der Waals surface area (Å²) < 4.78 is 10.8. The number of fused-ring (bicyclic) bond motifs is 1. The van der Waals surface area contributed by atoms with Gasteiger partial charge in [0.25, 0.3) is 11.8 Å². The standard InChI is InChI=1S/C24H17Cl2NO5/c1-2-11-31-24(30)14-3-9-18-19(12-14)23(29)27(22(18)28)16-6-10-21(20(26)13-16)32-17-7-4-15(25)5-8-17/h3-10,12-13H,2,11H2,1H3. The molecule has 32 heavy (non-hydrogen) atoms. The van der Waals surface area contributed by atoms with Gasteiger partial charge >= 0.3 is 5.97 Å². The number of carbonyl (C=O) groups excluding carboxylic acids is 3. The molecule has 0 aliphatic carbocycles. The molecule has 0 saturated carbocycles. The zero-order valence-corrected chi connectivity index (χ0v) is 18.4. The van der Waals surface area contributed by atoms with Gasteiger partial charge in [-0.3, -0.25) is 9.59 Å². The van der Waals surface area contributed by atoms with Gasteiger partial charge in [0.1, 0.15) is 11.5 Å². The first-order valence-electron chi connectivity index (χ1n) is 9.82. The molecule has 0 fully saturated rings. The fourth-order valence-electron chi connectivity index (χ4n) is 3.22. The van der Waals surface area contributed by atoms with Crippen LogP contribution in [0.2, 0.25) is 10.0 Å². The van der Waals surface area contributed by atoms with Crippen LogP contribution in [-0.2, 0) is 4.74 Å². The third-order valence-electron chi connectivity index (χ3n) is 4.77. The maximum Gasteiger partial charge on any atom is 0.338 e. The quantitative estimate of drug-likeness (QED) is 0.319. The van der Waals surface area contributed by atoms with Crippen LogP contribution in [0.3, 0.4) is 0 Å². The lowest BCUT2D eigenvalue weighted by Gasteiger charge is -2.15. The van der Waals surface area contributed by atoms with E-state index < -0.39 is 17.8 Å². The molecule has 162 valence electrons. The Bertz CT molecular complexity index is 1220. The highest BCUT2D eigenvalue weighted by Crippen LogP contribution is 2.36. The van der Waals surface area contributed by atoms with E-state index in [0.717, 1.165) is 4.90 Å². The van der Waals surface area contributed by atoms with Crippen molar-refractivity contribution < 1.29 is 23.9 Å². The molecular formula is C24H17Cl2NO5. The molecule has 0 aromatic heterocycles. The third-order valence-corrected chi connectivity index (χ3v) is 5.32. The van der Waals surface area contributed by atoms with E-state index in [1.807, 2.05) is 6.92 Å². The van der Waals surface area contributed by atoms with Gasteiger partial charge < -0.3 is 9.47 Å². The summed E-state index contributed by atoms with van der Waals surface area (Å²) in [6, 6.07) is 15.7. The molecule has 1 heterocycles. The number of rotatable bonds is 6. The molecule has 2 amide bonds. The Morgan fingerprint density at radius 3 is 2.31 bits per heavy atom. The maximum atomic E-state index is 13.0. The van der Waals surface area contributed by atoms with Gasteiger partial charge in [0.05, 0.1) is 34.0 Å². The normalized spacial score (nSPS) is 12.7. The van der Waals surface area contributed by atoms with Crippen molar-refractivity contribution in [2.75, 3.05) is 11.5 Å². The van der Waals surface area contributed by atoms with Crippen LogP contribution in [0, 0.1) is 0 Å². The number of carbonyl (C=O) groups is 3. The first-order chi connectivity index (χ1) is 15.4. The molecule has 0 saturated heterocycles. The summed E-state index contributed by atoms with van der Waals surface area (Å²) in [7, 11) is 0. The molecule has 0 N–H and O–H groups in total. The summed E-state index contributed by atoms with van der Waals surface area (Å²) in [5.74, 6) is -0.693. The van der Waals surface area contributed by atoms with E-state index in [1.54, 1.807) is 36.4 Å². The lowest BCUT2D eigenvalue weighted by atomic mass is 10.1. The number of hydrogen-bond donors (Lipinski definition) is 0. The van der Waals surface area contributed by atoms with Crippen LogP contribution in [0.15, 0.2) is 60.7 Å². The molecule has 6 nitrogen and oxygen atoms in total. The fraction of sp³-hybridized carbons (Fsp3) is 0.125. The molecule has 0 spiro atoms. The Morgan fingerprint density at radius 2 is 1.62 bits per heavy atom. The SMILES string of the molecule is CCCOC(=O)c1ccc2c(c1)C(=O)N(c1ccc(Oc3ccc(Cl)cc3)c(Cl)c1)C2=O. The highest BCUT2D eigenvalue weighted by molar-refractivity contribution is 6.36. The highest BCUT2D eigenvalue weighted by Gasteiger charge is 2.37. The number of imide groups is 1. The summed E-state index contributed by atoms with van der Waals surface area (Å²) in [6.07, 6.45) is 0.681. The third kappa shape index (κ3) is 4.20. The Labute approximate surface area is 194 Å². The van der Waals surface area contributed by atoms with Crippen molar-refractivity contribution in [3.05, 3.63) is 87.4 Å². The number of hydrogen-bond acceptors (Lipinski definition) is 5. The molecule has 0 unspecified atom stereocenters. The Kier molecular flexibility index (Phi) is 6.17. The summed E-state index contributed by atoms with van der Waals surface area (Å²) in [5, 5.41) is 0.795. The predicted molar refractivity (Wildman–Crippen MR) is 121 cm³/mol. The molecule has 4 rings (SSSR count). The number of ether oxygens (including phenoxy) is 2. The first kappa shape index (κ1) is 21.9. The van der Waals surface area contributed by atoms with E-state index in [-0.39, 0.29) is 28.3 Å². The van der Waals surface area contributed by atoms with E-state index in [2.05, 4.69) is 0 Å². The topological polar surface area (TPSA) is 72.9 Å². The predicted octanol–water partition coefficient (Wildman–Crippen LogP) is 6.15. The second-order valence-electron chi connectivity index (χ2n) is 7.01. The van der Waals surface area contributed by atoms with E-state index in [1.165, 1.54) is 24.3 Å². The van der Waals surface area contributed by atoms with Gasteiger partial charge in [0.2, 0.25) is 0 Å². The van der Waals surface area contributed by atoms with Crippen molar-refractivity contribution in [2.24, 2.45) is 0 Å². The van der Waals surface area contributed by atoms with Crippen molar-refractivity contribution in [3.8, 4) is 11.5 Å². The molecule has 3 aromatic carbocycles. The molecule has 1 aliphatic heterocycles. The molecule has 0 bridgehead atoms. The van der Waals surface area contributed by atoms with Crippen molar-refractivity contribution >= 4 is 46.7 Å². The smallest absolute Gasteiger partial charge is 0.338 e. The zero-order chi connectivity index (χ0) is 22.8. The zero-order valence-electron chi connectivity index (χ0n) is 16.9. The molecule has 0 radical (unpaired) electrons. The Morgan fingerprint density at radius 1 is 0.906 bits per heavy atom. The maximum absolute atomic E-state index is 13.0. The van der Waals surface area contributed by atoms with Crippen LogP contribution < -0.4 is 9.64 Å². The van der Waals surface area contributed by atoms with Crippen LogP contribution in [0.4, 0.5) is 5.69 Å². The molecule has 3 aromatic rings. The summed E-state index contributed by atoms with van der Waals surface area (Å²) >= 11 is 12.2. The van der Waals surface area contributed by atoms with Crippen molar-refractivity contribution in [1.29, 1.82) is 0 Å². The largest absolute Gasteiger partial charge is 0.462 e. The monoisotopic (exact) mass is 469 g/mol. The highest BCUT2D eigenvalue weighted by atomic mass is 35.5. The summed E-state index contributed by atoms with van der Waals surface area (Å²) in [5.41, 5.74) is 0.850. The number of nitrogens with zero attached hydrogens (tertiary/aromatic N) is 1. The van der Waals surface area contributed by atoms with E-state index in [9.17, 15) is 14.4 Å². The fourth-order valence-corrected chi connectivity index (χ4v) is 3.56. The van der Waals surface area contributed by atoms with Crippen molar-refractivity contribution in [3.63, 3.8) is 0 Å². The van der Waals surface area contributed by atoms with Gasteiger partial charge in [-0.25, -0.2) is 9.69 Å². The van der Waals surface area contributed by atoms with Gasteiger partial charge in [-0.1, -0.05) is 30.1 Å². The minimum atomic E-state index is -0.544. The second-order valence-corrected chi connectivity index (χ2v) is 7.86. The van der Waals surface area contributed by atoms with E-state index >= 15 is 0 Å². The van der Waals surface area contributed by atoms with E-state index in [4.69, 9.17) is 32.7 Å². The van der Waals surface area contributed by atoms with Crippen molar-refractivity contribution in [1.82, 2.24) is 0 Å². The molecular weight excluding hydrogens is 453 g/mol. The summed E-state index contributed by atoms with van der Waals surface area (Å²) in [4.78, 5) is 39.0.